The molecule has 0 saturated heterocycles. The van der Waals surface area contributed by atoms with Gasteiger partial charge < -0.3 is 62.9 Å². The Morgan fingerprint density at radius 2 is 0.545 bits per heavy atom. The van der Waals surface area contributed by atoms with E-state index < -0.39 is 24.1 Å². The number of methoxy groups -OCH3 is 4. The monoisotopic (exact) mass is 1360 g/mol. The number of esters is 6. The predicted molar refractivity (Wildman–Crippen MR) is 373 cm³/mol. The summed E-state index contributed by atoms with van der Waals surface area (Å²) in [4.78, 5) is 82.4. The Morgan fingerprint density at radius 3 is 0.818 bits per heavy atom. The van der Waals surface area contributed by atoms with E-state index in [0.29, 0.717) is 97.5 Å². The molecule has 0 bridgehead atoms. The quantitative estimate of drug-likeness (QED) is 0.0189. The number of hydrogen-bond donors (Lipinski definition) is 3. The van der Waals surface area contributed by atoms with Gasteiger partial charge in [-0.25, -0.2) is 9.59 Å². The highest BCUT2D eigenvalue weighted by Gasteiger charge is 2.33. The van der Waals surface area contributed by atoms with Crippen LogP contribution in [-0.2, 0) is 68.7 Å². The van der Waals surface area contributed by atoms with E-state index in [-0.39, 0.29) is 55.8 Å². The molecule has 0 aliphatic carbocycles. The molecule has 0 heterocycles. The number of hydrogen-bond acceptors (Lipinski definition) is 19. The molecule has 2 atom stereocenters. The zero-order valence-corrected chi connectivity index (χ0v) is 56.5. The van der Waals surface area contributed by atoms with Crippen LogP contribution in [0.2, 0.25) is 0 Å². The van der Waals surface area contributed by atoms with Crippen molar-refractivity contribution in [2.24, 2.45) is 0 Å². The molecule has 20 nitrogen and oxygen atoms in total. The molecule has 0 aromatic heterocycles. The lowest BCUT2D eigenvalue weighted by atomic mass is 10.1. The smallest absolute Gasteiger partial charge is 0.338 e. The van der Waals surface area contributed by atoms with Gasteiger partial charge in [-0.1, -0.05) is 134 Å². The Hall–Kier alpha value is -10.8. The van der Waals surface area contributed by atoms with Crippen molar-refractivity contribution in [1.29, 1.82) is 0 Å². The molecule has 3 N–H and O–H groups in total. The fraction of sp³-hybridized carbons (Fsp3) is 0.304. The van der Waals surface area contributed by atoms with Crippen LogP contribution in [0.25, 0.3) is 0 Å². The van der Waals surface area contributed by atoms with E-state index in [4.69, 9.17) is 47.4 Å². The second-order valence-corrected chi connectivity index (χ2v) is 22.0. The number of aryl methyl sites for hydroxylation is 1. The predicted octanol–water partition coefficient (Wildman–Crippen LogP) is 12.6. The van der Waals surface area contributed by atoms with Crippen molar-refractivity contribution in [3.8, 4) is 46.0 Å². The summed E-state index contributed by atoms with van der Waals surface area (Å²) in [5.74, 6) is 1.58. The first-order valence-corrected chi connectivity index (χ1v) is 32.6. The minimum atomic E-state index is -1.98. The number of ether oxygens (including phenoxy) is 10. The van der Waals surface area contributed by atoms with Crippen molar-refractivity contribution in [3.05, 3.63) is 241 Å². The first kappa shape index (κ1) is 78.9. The number of carbonyl (C=O) groups excluding carboxylic acids is 7. The van der Waals surface area contributed by atoms with E-state index in [1.165, 1.54) is 11.1 Å². The highest BCUT2D eigenvalue weighted by atomic mass is 16.6. The molecular formula is C79H89NO19. The van der Waals surface area contributed by atoms with Gasteiger partial charge in [-0.2, -0.15) is 0 Å². The summed E-state index contributed by atoms with van der Waals surface area (Å²) in [6.45, 7) is 0.781. The maximum Gasteiger partial charge on any atom is 0.338 e. The molecule has 8 aromatic rings. The van der Waals surface area contributed by atoms with Crippen LogP contribution in [0.4, 0.5) is 0 Å². The number of aliphatic hydroxyl groups excluding tert-OH is 2. The van der Waals surface area contributed by atoms with Crippen LogP contribution in [0.1, 0.15) is 92.9 Å². The SMILES string of the molecule is COc1ccc(OC(=O)CCCCC(=O)Oc2ccc(OC)cc2)cc1.COc1ccc(OC(=O)CCCCCCC(=O)Oc2ccc(OC)cc2)cc1.O=C(CCc1ccccc1)NCCc1ccccc1.O=C(OCCc1ccccc1)[C@@H](O)[C@@H](O)C(=O)OCCc1ccccc1. The van der Waals surface area contributed by atoms with Crippen LogP contribution in [0.15, 0.2) is 218 Å². The zero-order valence-electron chi connectivity index (χ0n) is 56.5. The lowest BCUT2D eigenvalue weighted by Gasteiger charge is -2.16. The minimum Gasteiger partial charge on any atom is -0.497 e. The molecule has 0 aliphatic rings. The van der Waals surface area contributed by atoms with Gasteiger partial charge in [0.2, 0.25) is 5.91 Å². The molecule has 20 heteroatoms. The van der Waals surface area contributed by atoms with Crippen molar-refractivity contribution in [2.75, 3.05) is 48.2 Å². The number of carbonyl (C=O) groups is 7. The third-order valence-electron chi connectivity index (χ3n) is 14.5. The number of rotatable bonds is 35. The number of unbranched alkanes of at least 4 members (excludes halogenated alkanes) is 4. The number of benzene rings is 8. The van der Waals surface area contributed by atoms with Crippen LogP contribution < -0.4 is 43.2 Å². The highest BCUT2D eigenvalue weighted by molar-refractivity contribution is 5.85. The Kier molecular flexibility index (Phi) is 37.6. The summed E-state index contributed by atoms with van der Waals surface area (Å²) in [5, 5.41) is 22.5. The average molecular weight is 1360 g/mol. The number of nitrogens with one attached hydrogen (secondary N) is 1. The van der Waals surface area contributed by atoms with Gasteiger partial charge in [0.15, 0.2) is 12.2 Å². The van der Waals surface area contributed by atoms with E-state index in [1.807, 2.05) is 97.1 Å². The Morgan fingerprint density at radius 1 is 0.303 bits per heavy atom. The van der Waals surface area contributed by atoms with Crippen molar-refractivity contribution in [2.45, 2.75) is 109 Å². The van der Waals surface area contributed by atoms with Gasteiger partial charge in [0.25, 0.3) is 0 Å². The molecule has 0 saturated carbocycles. The number of aliphatic hydroxyl groups is 2. The van der Waals surface area contributed by atoms with Gasteiger partial charge in [0.1, 0.15) is 46.0 Å². The Labute approximate surface area is 579 Å². The van der Waals surface area contributed by atoms with Crippen molar-refractivity contribution in [1.82, 2.24) is 5.32 Å². The van der Waals surface area contributed by atoms with E-state index in [2.05, 4.69) is 29.6 Å². The second kappa shape index (κ2) is 47.1. The van der Waals surface area contributed by atoms with Crippen molar-refractivity contribution in [3.63, 3.8) is 0 Å². The highest BCUT2D eigenvalue weighted by Crippen LogP contribution is 2.22. The third-order valence-corrected chi connectivity index (χ3v) is 14.5. The van der Waals surface area contributed by atoms with Crippen LogP contribution in [0.3, 0.4) is 0 Å². The molecule has 0 radical (unpaired) electrons. The molecule has 1 amide bonds. The van der Waals surface area contributed by atoms with E-state index in [0.717, 1.165) is 49.7 Å². The van der Waals surface area contributed by atoms with Crippen LogP contribution in [0.5, 0.6) is 46.0 Å². The largest absolute Gasteiger partial charge is 0.497 e. The third kappa shape index (κ3) is 34.1. The first-order chi connectivity index (χ1) is 48.1. The van der Waals surface area contributed by atoms with E-state index in [9.17, 15) is 43.8 Å². The number of amides is 1. The fourth-order valence-electron chi connectivity index (χ4n) is 8.97. The molecule has 524 valence electrons. The van der Waals surface area contributed by atoms with Crippen molar-refractivity contribution >= 4 is 41.7 Å². The lowest BCUT2D eigenvalue weighted by Crippen LogP contribution is -2.42. The molecule has 0 spiro atoms. The molecule has 8 aromatic carbocycles. The Bertz CT molecular complexity index is 3390. The summed E-state index contributed by atoms with van der Waals surface area (Å²) in [5.41, 5.74) is 4.40. The van der Waals surface area contributed by atoms with E-state index in [1.54, 1.807) is 126 Å². The Balaban J connectivity index is 0.000000240. The van der Waals surface area contributed by atoms with Crippen molar-refractivity contribution < 1.29 is 91.1 Å². The molecule has 0 unspecified atom stereocenters. The molecule has 0 aliphatic heterocycles. The van der Waals surface area contributed by atoms with Gasteiger partial charge in [-0.15, -0.1) is 0 Å². The van der Waals surface area contributed by atoms with Gasteiger partial charge in [0, 0.05) is 51.5 Å². The standard InChI is InChI=1S/C22H26O6.2C20H22O6.C17H19NO/c1-25-17-9-13-19(14-10-17)27-21(23)7-5-3-4-6-8-22(24)28-20-15-11-18(26-2)12-16-20;1-23-15-7-11-17(12-8-15)25-19(21)5-3-4-6-20(22)26-18-13-9-16(24-2)10-14-18;21-17(19(23)25-13-11-15-7-3-1-4-8-15)18(22)20(24)26-14-12-16-9-5-2-6-10-16;19-17(12-11-15-7-3-1-4-8-15)18-14-13-16-9-5-2-6-10-16/h9-16H,3-8H2,1-2H3;7-14H,3-6H2,1-2H3;1-10,17-18,21-22H,11-14H2;1-10H,11-14H2,(H,18,19)/t;;17-,18+;. The summed E-state index contributed by atoms with van der Waals surface area (Å²) >= 11 is 0. The van der Waals surface area contributed by atoms with E-state index >= 15 is 0 Å². The minimum absolute atomic E-state index is 0.0374. The fourth-order valence-corrected chi connectivity index (χ4v) is 8.97. The molecular weight excluding hydrogens is 1270 g/mol. The zero-order chi connectivity index (χ0) is 71.1. The van der Waals surface area contributed by atoms with Gasteiger partial charge in [-0.05, 0) is 158 Å². The van der Waals surface area contributed by atoms with Crippen LogP contribution >= 0.6 is 0 Å². The van der Waals surface area contributed by atoms with Gasteiger partial charge in [-0.3, -0.25) is 24.0 Å². The summed E-state index contributed by atoms with van der Waals surface area (Å²) in [6.07, 6.45) is 4.66. The maximum absolute atomic E-state index is 11.8. The van der Waals surface area contributed by atoms with Crippen LogP contribution in [0, 0.1) is 0 Å². The molecule has 99 heavy (non-hydrogen) atoms. The normalized spacial score (nSPS) is 10.8. The first-order valence-electron chi connectivity index (χ1n) is 32.6. The summed E-state index contributed by atoms with van der Waals surface area (Å²) < 4.78 is 50.9. The molecule has 0 fully saturated rings. The molecule has 8 rings (SSSR count). The second-order valence-electron chi connectivity index (χ2n) is 22.0. The topological polar surface area (TPSA) is 264 Å². The van der Waals surface area contributed by atoms with Crippen LogP contribution in [-0.4, -0.2) is 112 Å². The summed E-state index contributed by atoms with van der Waals surface area (Å²) in [7, 11) is 6.31. The average Bonchev–Trinajstić information content (AvgIpc) is 1.75. The van der Waals surface area contributed by atoms with Gasteiger partial charge >= 0.3 is 35.8 Å². The van der Waals surface area contributed by atoms with Gasteiger partial charge in [0.05, 0.1) is 41.7 Å². The maximum atomic E-state index is 11.8. The lowest BCUT2D eigenvalue weighted by molar-refractivity contribution is -0.173. The summed E-state index contributed by atoms with van der Waals surface area (Å²) in [6, 6.07) is 66.3.